The highest BCUT2D eigenvalue weighted by Crippen LogP contribution is 2.25. The molecule has 2 aliphatic rings. The van der Waals surface area contributed by atoms with Crippen molar-refractivity contribution in [3.63, 3.8) is 0 Å². The van der Waals surface area contributed by atoms with E-state index in [4.69, 9.17) is 4.74 Å². The smallest absolute Gasteiger partial charge is 0.254 e. The lowest BCUT2D eigenvalue weighted by Crippen LogP contribution is -2.50. The van der Waals surface area contributed by atoms with Gasteiger partial charge in [0.05, 0.1) is 0 Å². The number of hydrogen-bond acceptors (Lipinski definition) is 4. The molecule has 0 aliphatic carbocycles. The maximum absolute atomic E-state index is 12.9. The number of benzene rings is 1. The molecule has 29 heavy (non-hydrogen) atoms. The molecule has 154 valence electrons. The molecule has 0 N–H and O–H groups in total. The number of pyridine rings is 1. The average molecular weight is 394 g/mol. The fraction of sp³-hybridized carbons (Fsp3) is 0.500. The van der Waals surface area contributed by atoms with E-state index in [-0.39, 0.29) is 5.91 Å². The summed E-state index contributed by atoms with van der Waals surface area (Å²) in [5.41, 5.74) is 3.13. The molecule has 2 aromatic rings. The first-order valence-electron chi connectivity index (χ1n) is 10.8. The number of carbonyl (C=O) groups is 1. The summed E-state index contributed by atoms with van der Waals surface area (Å²) in [5.74, 6) is 1.10. The summed E-state index contributed by atoms with van der Waals surface area (Å²) < 4.78 is 6.09. The lowest BCUT2D eigenvalue weighted by molar-refractivity contribution is 0.0425. The third-order valence-corrected chi connectivity index (χ3v) is 6.31. The van der Waals surface area contributed by atoms with E-state index in [1.54, 1.807) is 12.4 Å². The summed E-state index contributed by atoms with van der Waals surface area (Å²) in [4.78, 5) is 21.6. The molecule has 5 nitrogen and oxygen atoms in total. The second kappa shape index (κ2) is 8.95. The second-order valence-electron chi connectivity index (χ2n) is 8.38. The van der Waals surface area contributed by atoms with Crippen molar-refractivity contribution in [3.8, 4) is 5.75 Å². The number of aromatic nitrogens is 1. The Morgan fingerprint density at radius 3 is 2.31 bits per heavy atom. The van der Waals surface area contributed by atoms with Gasteiger partial charge in [-0.15, -0.1) is 0 Å². The molecular formula is C24H31N3O2. The number of rotatable bonds is 4. The van der Waals surface area contributed by atoms with Crippen molar-refractivity contribution >= 4 is 5.91 Å². The molecule has 2 aliphatic heterocycles. The Morgan fingerprint density at radius 2 is 1.66 bits per heavy atom. The molecule has 1 aromatic heterocycles. The van der Waals surface area contributed by atoms with Crippen molar-refractivity contribution in [2.75, 3.05) is 26.2 Å². The van der Waals surface area contributed by atoms with Crippen LogP contribution in [0.15, 0.2) is 42.7 Å². The standard InChI is InChI=1S/C24H31N3O2/c1-18-3-4-23(19(2)17-18)24(28)27-13-7-20(8-14-27)26-15-9-22(10-16-26)29-21-5-11-25-12-6-21/h3-6,11-12,17,20,22H,7-10,13-16H2,1-2H3. The van der Waals surface area contributed by atoms with Gasteiger partial charge in [0.25, 0.3) is 5.91 Å². The predicted octanol–water partition coefficient (Wildman–Crippen LogP) is 3.85. The molecule has 4 rings (SSSR count). The zero-order valence-electron chi connectivity index (χ0n) is 17.5. The average Bonchev–Trinajstić information content (AvgIpc) is 2.75. The third kappa shape index (κ3) is 4.78. The van der Waals surface area contributed by atoms with E-state index in [1.165, 1.54) is 5.56 Å². The molecule has 0 bridgehead atoms. The van der Waals surface area contributed by atoms with Crippen LogP contribution in [0.1, 0.15) is 47.2 Å². The minimum absolute atomic E-state index is 0.186. The van der Waals surface area contributed by atoms with E-state index >= 15 is 0 Å². The minimum atomic E-state index is 0.186. The first-order valence-corrected chi connectivity index (χ1v) is 10.8. The van der Waals surface area contributed by atoms with Gasteiger partial charge in [0.2, 0.25) is 0 Å². The fourth-order valence-electron chi connectivity index (χ4n) is 4.63. The molecule has 5 heteroatoms. The molecule has 1 amide bonds. The summed E-state index contributed by atoms with van der Waals surface area (Å²) in [6.45, 7) is 7.95. The lowest BCUT2D eigenvalue weighted by atomic mass is 9.97. The van der Waals surface area contributed by atoms with Gasteiger partial charge in [-0.05, 0) is 63.3 Å². The Bertz CT molecular complexity index is 823. The summed E-state index contributed by atoms with van der Waals surface area (Å²) in [6.07, 6.45) is 8.09. The zero-order valence-corrected chi connectivity index (χ0v) is 17.5. The maximum atomic E-state index is 12.9. The minimum Gasteiger partial charge on any atom is -0.490 e. The maximum Gasteiger partial charge on any atom is 0.254 e. The number of likely N-dealkylation sites (tertiary alicyclic amines) is 2. The van der Waals surface area contributed by atoms with Crippen LogP contribution in [-0.2, 0) is 0 Å². The van der Waals surface area contributed by atoms with Crippen molar-refractivity contribution < 1.29 is 9.53 Å². The Kier molecular flexibility index (Phi) is 6.14. The number of nitrogens with zero attached hydrogens (tertiary/aromatic N) is 3. The molecule has 0 atom stereocenters. The van der Waals surface area contributed by atoms with Crippen LogP contribution in [0, 0.1) is 13.8 Å². The van der Waals surface area contributed by atoms with E-state index < -0.39 is 0 Å². The highest BCUT2D eigenvalue weighted by Gasteiger charge is 2.30. The van der Waals surface area contributed by atoms with Crippen LogP contribution in [0.3, 0.4) is 0 Å². The van der Waals surface area contributed by atoms with Gasteiger partial charge in [0.15, 0.2) is 0 Å². The van der Waals surface area contributed by atoms with Crippen LogP contribution < -0.4 is 4.74 Å². The van der Waals surface area contributed by atoms with Crippen LogP contribution in [0.25, 0.3) is 0 Å². The molecule has 1 aromatic carbocycles. The van der Waals surface area contributed by atoms with Gasteiger partial charge in [0.1, 0.15) is 11.9 Å². The molecule has 2 fully saturated rings. The van der Waals surface area contributed by atoms with Crippen molar-refractivity contribution in [2.24, 2.45) is 0 Å². The molecule has 0 spiro atoms. The molecular weight excluding hydrogens is 362 g/mol. The molecule has 2 saturated heterocycles. The van der Waals surface area contributed by atoms with Crippen molar-refractivity contribution in [1.29, 1.82) is 0 Å². The van der Waals surface area contributed by atoms with Gasteiger partial charge in [0, 0.05) is 50.2 Å². The molecule has 3 heterocycles. The van der Waals surface area contributed by atoms with Gasteiger partial charge in [-0.3, -0.25) is 14.7 Å². The second-order valence-corrected chi connectivity index (χ2v) is 8.38. The Morgan fingerprint density at radius 1 is 0.966 bits per heavy atom. The highest BCUT2D eigenvalue weighted by atomic mass is 16.5. The monoisotopic (exact) mass is 393 g/mol. The Hall–Kier alpha value is -2.40. The van der Waals surface area contributed by atoms with Crippen LogP contribution in [-0.4, -0.2) is 59.0 Å². The number of carbonyl (C=O) groups excluding carboxylic acids is 1. The van der Waals surface area contributed by atoms with E-state index in [1.807, 2.05) is 36.1 Å². The summed E-state index contributed by atoms with van der Waals surface area (Å²) in [5, 5.41) is 0. The van der Waals surface area contributed by atoms with E-state index in [0.29, 0.717) is 12.1 Å². The van der Waals surface area contributed by atoms with Crippen LogP contribution in [0.5, 0.6) is 5.75 Å². The van der Waals surface area contributed by atoms with E-state index in [9.17, 15) is 4.79 Å². The predicted molar refractivity (Wildman–Crippen MR) is 114 cm³/mol. The summed E-state index contributed by atoms with van der Waals surface area (Å²) >= 11 is 0. The van der Waals surface area contributed by atoms with E-state index in [2.05, 4.69) is 22.9 Å². The van der Waals surface area contributed by atoms with Crippen LogP contribution >= 0.6 is 0 Å². The highest BCUT2D eigenvalue weighted by molar-refractivity contribution is 5.95. The molecule has 0 saturated carbocycles. The van der Waals surface area contributed by atoms with Gasteiger partial charge < -0.3 is 9.64 Å². The summed E-state index contributed by atoms with van der Waals surface area (Å²) in [7, 11) is 0. The normalized spacial score (nSPS) is 19.3. The number of amides is 1. The van der Waals surface area contributed by atoms with Gasteiger partial charge in [-0.2, -0.15) is 0 Å². The van der Waals surface area contributed by atoms with Gasteiger partial charge >= 0.3 is 0 Å². The first kappa shape index (κ1) is 19.9. The zero-order chi connectivity index (χ0) is 20.2. The molecule has 0 radical (unpaired) electrons. The van der Waals surface area contributed by atoms with Crippen molar-refractivity contribution in [2.45, 2.75) is 51.7 Å². The van der Waals surface area contributed by atoms with Crippen molar-refractivity contribution in [1.82, 2.24) is 14.8 Å². The summed E-state index contributed by atoms with van der Waals surface area (Å²) in [6, 6.07) is 10.5. The number of piperidine rings is 2. The molecule has 0 unspecified atom stereocenters. The van der Waals surface area contributed by atoms with Crippen LogP contribution in [0.4, 0.5) is 0 Å². The Labute approximate surface area is 173 Å². The van der Waals surface area contributed by atoms with Gasteiger partial charge in [-0.25, -0.2) is 0 Å². The SMILES string of the molecule is Cc1ccc(C(=O)N2CCC(N3CCC(Oc4ccncc4)CC3)CC2)c(C)c1. The fourth-order valence-corrected chi connectivity index (χ4v) is 4.63. The number of hydrogen-bond donors (Lipinski definition) is 0. The lowest BCUT2D eigenvalue weighted by Gasteiger charge is -2.41. The van der Waals surface area contributed by atoms with Crippen LogP contribution in [0.2, 0.25) is 0 Å². The Balaban J connectivity index is 1.25. The van der Waals surface area contributed by atoms with Gasteiger partial charge in [-0.1, -0.05) is 17.7 Å². The quantitative estimate of drug-likeness (QED) is 0.792. The third-order valence-electron chi connectivity index (χ3n) is 6.31. The topological polar surface area (TPSA) is 45.7 Å². The largest absolute Gasteiger partial charge is 0.490 e. The number of aryl methyl sites for hydroxylation is 2. The first-order chi connectivity index (χ1) is 14.1. The van der Waals surface area contributed by atoms with Crippen molar-refractivity contribution in [3.05, 3.63) is 59.4 Å². The number of ether oxygens (including phenoxy) is 1. The van der Waals surface area contributed by atoms with E-state index in [0.717, 1.165) is 68.7 Å².